The third-order valence-corrected chi connectivity index (χ3v) is 2.25. The molecule has 0 saturated heterocycles. The Balaban J connectivity index is 2.63. The van der Waals surface area contributed by atoms with Crippen molar-refractivity contribution in [3.8, 4) is 0 Å². The molecule has 0 aliphatic rings. The van der Waals surface area contributed by atoms with Crippen molar-refractivity contribution in [1.29, 1.82) is 0 Å². The van der Waals surface area contributed by atoms with Gasteiger partial charge in [-0.1, -0.05) is 0 Å². The van der Waals surface area contributed by atoms with Gasteiger partial charge >= 0.3 is 5.97 Å². The van der Waals surface area contributed by atoms with Crippen LogP contribution < -0.4 is 0 Å². The summed E-state index contributed by atoms with van der Waals surface area (Å²) in [7, 11) is 0. The van der Waals surface area contributed by atoms with Gasteiger partial charge in [0.15, 0.2) is 0 Å². The lowest BCUT2D eigenvalue weighted by molar-refractivity contribution is -0.137. The van der Waals surface area contributed by atoms with Crippen LogP contribution in [0, 0.1) is 5.82 Å². The number of hydrogen-bond donors (Lipinski definition) is 1. The lowest BCUT2D eigenvalue weighted by Crippen LogP contribution is -2.08. The van der Waals surface area contributed by atoms with Crippen LogP contribution in [-0.4, -0.2) is 20.6 Å². The van der Waals surface area contributed by atoms with Crippen molar-refractivity contribution in [3.63, 3.8) is 0 Å². The molecule has 1 aromatic carbocycles. The normalized spacial score (nSPS) is 10.8. The summed E-state index contributed by atoms with van der Waals surface area (Å²) in [5.41, 5.74) is 0.852. The molecule has 0 bridgehead atoms. The summed E-state index contributed by atoms with van der Waals surface area (Å²) < 4.78 is 14.1. The highest BCUT2D eigenvalue weighted by molar-refractivity contribution is 6.29. The van der Waals surface area contributed by atoms with Gasteiger partial charge in [-0.2, -0.15) is 0 Å². The molecule has 4 nitrogen and oxygen atoms in total. The van der Waals surface area contributed by atoms with Crippen molar-refractivity contribution in [2.24, 2.45) is 0 Å². The number of carboxylic acid groups (broad SMARTS) is 1. The minimum absolute atomic E-state index is 0.0398. The Morgan fingerprint density at radius 3 is 3.00 bits per heavy atom. The fourth-order valence-corrected chi connectivity index (χ4v) is 1.60. The predicted octanol–water partition coefficient (Wildman–Crippen LogP) is 1.91. The van der Waals surface area contributed by atoms with E-state index in [1.165, 1.54) is 22.8 Å². The number of imidazole rings is 1. The highest BCUT2D eigenvalue weighted by atomic mass is 35.5. The van der Waals surface area contributed by atoms with Gasteiger partial charge in [-0.25, -0.2) is 9.37 Å². The van der Waals surface area contributed by atoms with Crippen molar-refractivity contribution in [3.05, 3.63) is 29.3 Å². The van der Waals surface area contributed by atoms with Gasteiger partial charge in [-0.05, 0) is 23.7 Å². The molecule has 78 valence electrons. The molecule has 1 N–H and O–H groups in total. The lowest BCUT2D eigenvalue weighted by atomic mass is 10.3. The maximum atomic E-state index is 12.8. The monoisotopic (exact) mass is 228 g/mol. The first-order valence-corrected chi connectivity index (χ1v) is 4.49. The Bertz CT molecular complexity index is 538. The summed E-state index contributed by atoms with van der Waals surface area (Å²) in [5.74, 6) is -1.46. The standard InChI is InChI=1S/C9H6ClFN2O2/c10-9-12-6-3-5(11)1-2-7(6)13(9)4-8(14)15/h1-3H,4H2,(H,14,15). The minimum atomic E-state index is -1.03. The van der Waals surface area contributed by atoms with Crippen molar-refractivity contribution in [1.82, 2.24) is 9.55 Å². The largest absolute Gasteiger partial charge is 0.480 e. The molecular formula is C9H6ClFN2O2. The number of hydrogen-bond acceptors (Lipinski definition) is 2. The van der Waals surface area contributed by atoms with E-state index in [4.69, 9.17) is 16.7 Å². The average Bonchev–Trinajstić information content (AvgIpc) is 2.41. The third-order valence-electron chi connectivity index (χ3n) is 1.96. The van der Waals surface area contributed by atoms with Crippen LogP contribution in [0.2, 0.25) is 5.28 Å². The number of halogens is 2. The molecule has 0 radical (unpaired) electrons. The number of carboxylic acids is 1. The zero-order valence-electron chi connectivity index (χ0n) is 7.44. The van der Waals surface area contributed by atoms with Gasteiger partial charge in [-0.15, -0.1) is 0 Å². The highest BCUT2D eigenvalue weighted by Crippen LogP contribution is 2.20. The summed E-state index contributed by atoms with van der Waals surface area (Å²) in [6, 6.07) is 3.89. The molecule has 0 fully saturated rings. The van der Waals surface area contributed by atoms with Crippen LogP contribution in [0.3, 0.4) is 0 Å². The van der Waals surface area contributed by atoms with E-state index in [0.717, 1.165) is 0 Å². The topological polar surface area (TPSA) is 55.1 Å². The van der Waals surface area contributed by atoms with Crippen LogP contribution in [0.5, 0.6) is 0 Å². The fourth-order valence-electron chi connectivity index (χ4n) is 1.36. The van der Waals surface area contributed by atoms with Crippen LogP contribution in [0.15, 0.2) is 18.2 Å². The van der Waals surface area contributed by atoms with Gasteiger partial charge in [0, 0.05) is 6.07 Å². The van der Waals surface area contributed by atoms with Gasteiger partial charge in [0.2, 0.25) is 5.28 Å². The van der Waals surface area contributed by atoms with Gasteiger partial charge in [0.05, 0.1) is 11.0 Å². The molecule has 0 saturated carbocycles. The van der Waals surface area contributed by atoms with Crippen molar-refractivity contribution >= 4 is 28.6 Å². The number of benzene rings is 1. The van der Waals surface area contributed by atoms with E-state index < -0.39 is 11.8 Å². The minimum Gasteiger partial charge on any atom is -0.480 e. The van der Waals surface area contributed by atoms with E-state index in [9.17, 15) is 9.18 Å². The summed E-state index contributed by atoms with van der Waals surface area (Å²) in [6.07, 6.45) is 0. The number of fused-ring (bicyclic) bond motifs is 1. The maximum Gasteiger partial charge on any atom is 0.323 e. The Morgan fingerprint density at radius 1 is 1.60 bits per heavy atom. The quantitative estimate of drug-likeness (QED) is 0.854. The molecule has 1 aromatic heterocycles. The SMILES string of the molecule is O=C(O)Cn1c(Cl)nc2cc(F)ccc21. The molecule has 0 atom stereocenters. The molecule has 2 rings (SSSR count). The Kier molecular flexibility index (Phi) is 2.32. The van der Waals surface area contributed by atoms with Gasteiger partial charge in [0.25, 0.3) is 0 Å². The van der Waals surface area contributed by atoms with Gasteiger partial charge < -0.3 is 9.67 Å². The van der Waals surface area contributed by atoms with Crippen molar-refractivity contribution in [2.75, 3.05) is 0 Å². The third kappa shape index (κ3) is 1.78. The molecule has 2 aromatic rings. The Labute approximate surface area is 88.9 Å². The molecule has 0 unspecified atom stereocenters. The number of nitrogens with zero attached hydrogens (tertiary/aromatic N) is 2. The summed E-state index contributed by atoms with van der Waals surface area (Å²) in [6.45, 7) is -0.291. The highest BCUT2D eigenvalue weighted by Gasteiger charge is 2.11. The molecular weight excluding hydrogens is 223 g/mol. The van der Waals surface area contributed by atoms with E-state index in [2.05, 4.69) is 4.98 Å². The zero-order valence-corrected chi connectivity index (χ0v) is 8.20. The van der Waals surface area contributed by atoms with Crippen LogP contribution in [0.4, 0.5) is 4.39 Å². The summed E-state index contributed by atoms with van der Waals surface area (Å²) in [5, 5.41) is 8.68. The molecule has 1 heterocycles. The second kappa shape index (κ2) is 3.51. The van der Waals surface area contributed by atoms with E-state index in [1.807, 2.05) is 0 Å². The molecule has 15 heavy (non-hydrogen) atoms. The summed E-state index contributed by atoms with van der Waals surface area (Å²) >= 11 is 5.73. The smallest absolute Gasteiger partial charge is 0.323 e. The van der Waals surface area contributed by atoms with Crippen LogP contribution in [0.25, 0.3) is 11.0 Å². The first kappa shape index (κ1) is 9.92. The fraction of sp³-hybridized carbons (Fsp3) is 0.111. The van der Waals surface area contributed by atoms with E-state index >= 15 is 0 Å². The van der Waals surface area contributed by atoms with Gasteiger partial charge in [-0.3, -0.25) is 4.79 Å². The molecule has 6 heteroatoms. The summed E-state index contributed by atoms with van der Waals surface area (Å²) in [4.78, 5) is 14.4. The lowest BCUT2D eigenvalue weighted by Gasteiger charge is -2.00. The first-order chi connectivity index (χ1) is 7.08. The van der Waals surface area contributed by atoms with Crippen molar-refractivity contribution < 1.29 is 14.3 Å². The molecule has 0 amide bonds. The van der Waals surface area contributed by atoms with Gasteiger partial charge in [0.1, 0.15) is 12.4 Å². The molecule has 0 aliphatic carbocycles. The maximum absolute atomic E-state index is 12.8. The number of aromatic nitrogens is 2. The average molecular weight is 229 g/mol. The second-order valence-corrected chi connectivity index (χ2v) is 3.33. The Morgan fingerprint density at radius 2 is 2.33 bits per heavy atom. The number of carbonyl (C=O) groups is 1. The molecule has 0 aliphatic heterocycles. The van der Waals surface area contributed by atoms with E-state index in [-0.39, 0.29) is 11.8 Å². The van der Waals surface area contributed by atoms with Crippen molar-refractivity contribution in [2.45, 2.75) is 6.54 Å². The van der Waals surface area contributed by atoms with E-state index in [1.54, 1.807) is 0 Å². The number of rotatable bonds is 2. The first-order valence-electron chi connectivity index (χ1n) is 4.11. The Hall–Kier alpha value is -1.62. The van der Waals surface area contributed by atoms with Crippen LogP contribution >= 0.6 is 11.6 Å². The van der Waals surface area contributed by atoms with Crippen LogP contribution in [0.1, 0.15) is 0 Å². The second-order valence-electron chi connectivity index (χ2n) is 2.99. The van der Waals surface area contributed by atoms with Crippen LogP contribution in [-0.2, 0) is 11.3 Å². The number of aliphatic carboxylic acids is 1. The van der Waals surface area contributed by atoms with E-state index in [0.29, 0.717) is 11.0 Å². The predicted molar refractivity (Wildman–Crippen MR) is 52.3 cm³/mol. The molecule has 0 spiro atoms. The zero-order chi connectivity index (χ0) is 11.0.